The lowest BCUT2D eigenvalue weighted by Crippen LogP contribution is -2.52. The number of benzene rings is 1. The Morgan fingerprint density at radius 1 is 1.19 bits per heavy atom. The standard InChI is InChI=1S/C20H31N3O3/c1-13-11-23(12-14(2)26-13)17-7-5-16(6-8-17)22-20(24)15-4-9-18(21)19(10-15)25-3/h4,9-10,13-14,16-17H,5-8,11-12,21H2,1-3H3,(H,22,24)/t13-,14+,16-,17-. The Bertz CT molecular complexity index is 619. The number of anilines is 1. The summed E-state index contributed by atoms with van der Waals surface area (Å²) in [4.78, 5) is 15.1. The molecule has 0 spiro atoms. The Morgan fingerprint density at radius 3 is 2.46 bits per heavy atom. The highest BCUT2D eigenvalue weighted by Crippen LogP contribution is 2.27. The number of carbonyl (C=O) groups is 1. The van der Waals surface area contributed by atoms with Gasteiger partial charge in [-0.15, -0.1) is 0 Å². The van der Waals surface area contributed by atoms with E-state index in [4.69, 9.17) is 15.2 Å². The largest absolute Gasteiger partial charge is 0.495 e. The molecule has 3 rings (SSSR count). The summed E-state index contributed by atoms with van der Waals surface area (Å²) in [6.45, 7) is 6.32. The third kappa shape index (κ3) is 4.48. The van der Waals surface area contributed by atoms with E-state index in [9.17, 15) is 4.79 Å². The Hall–Kier alpha value is -1.79. The van der Waals surface area contributed by atoms with Gasteiger partial charge >= 0.3 is 0 Å². The zero-order valence-corrected chi connectivity index (χ0v) is 16.0. The number of carbonyl (C=O) groups excluding carboxylic acids is 1. The number of hydrogen-bond donors (Lipinski definition) is 2. The van der Waals surface area contributed by atoms with E-state index in [1.54, 1.807) is 25.3 Å². The average molecular weight is 361 g/mol. The SMILES string of the molecule is COc1cc(C(=O)N[C@H]2CC[C@H](N3C[C@@H](C)O[C@@H](C)C3)CC2)ccc1N. The van der Waals surface area contributed by atoms with Crippen molar-refractivity contribution in [1.82, 2.24) is 10.2 Å². The summed E-state index contributed by atoms with van der Waals surface area (Å²) >= 11 is 0. The van der Waals surface area contributed by atoms with Crippen molar-refractivity contribution < 1.29 is 14.3 Å². The number of rotatable bonds is 4. The van der Waals surface area contributed by atoms with Gasteiger partial charge in [-0.05, 0) is 57.7 Å². The molecule has 1 amide bonds. The van der Waals surface area contributed by atoms with Crippen LogP contribution in [0.1, 0.15) is 49.9 Å². The number of nitrogens with zero attached hydrogens (tertiary/aromatic N) is 1. The van der Waals surface area contributed by atoms with Crippen LogP contribution in [0.5, 0.6) is 5.75 Å². The molecule has 0 aromatic heterocycles. The summed E-state index contributed by atoms with van der Waals surface area (Å²) in [6.07, 6.45) is 4.88. The van der Waals surface area contributed by atoms with Gasteiger partial charge in [0, 0.05) is 30.7 Å². The van der Waals surface area contributed by atoms with Crippen LogP contribution < -0.4 is 15.8 Å². The van der Waals surface area contributed by atoms with Gasteiger partial charge in [0.1, 0.15) is 5.75 Å². The number of nitrogens with one attached hydrogen (secondary N) is 1. The number of hydrogen-bond acceptors (Lipinski definition) is 5. The third-order valence-corrected chi connectivity index (χ3v) is 5.49. The van der Waals surface area contributed by atoms with Crippen LogP contribution in [0.3, 0.4) is 0 Å². The normalized spacial score (nSPS) is 30.0. The molecule has 6 nitrogen and oxygen atoms in total. The van der Waals surface area contributed by atoms with E-state index in [-0.39, 0.29) is 11.9 Å². The number of morpholine rings is 1. The third-order valence-electron chi connectivity index (χ3n) is 5.49. The molecule has 2 atom stereocenters. The number of nitrogen functional groups attached to an aromatic ring is 1. The number of ether oxygens (including phenoxy) is 2. The molecule has 1 aliphatic heterocycles. The summed E-state index contributed by atoms with van der Waals surface area (Å²) in [5, 5.41) is 3.17. The van der Waals surface area contributed by atoms with E-state index in [2.05, 4.69) is 24.1 Å². The van der Waals surface area contributed by atoms with Gasteiger partial charge in [-0.25, -0.2) is 0 Å². The Kier molecular flexibility index (Phi) is 6.04. The maximum atomic E-state index is 12.5. The smallest absolute Gasteiger partial charge is 0.251 e. The Labute approximate surface area is 156 Å². The van der Waals surface area contributed by atoms with Crippen molar-refractivity contribution in [3.8, 4) is 5.75 Å². The zero-order chi connectivity index (χ0) is 18.7. The molecule has 1 saturated heterocycles. The van der Waals surface area contributed by atoms with Crippen molar-refractivity contribution in [2.45, 2.75) is 63.8 Å². The van der Waals surface area contributed by atoms with Gasteiger partial charge in [0.25, 0.3) is 5.91 Å². The zero-order valence-electron chi connectivity index (χ0n) is 16.0. The minimum absolute atomic E-state index is 0.0552. The molecule has 0 radical (unpaired) electrons. The van der Waals surface area contributed by atoms with E-state index in [0.717, 1.165) is 38.8 Å². The molecule has 2 aliphatic rings. The topological polar surface area (TPSA) is 76.8 Å². The van der Waals surface area contributed by atoms with Crippen LogP contribution in [0.2, 0.25) is 0 Å². The molecule has 1 aromatic carbocycles. The highest BCUT2D eigenvalue weighted by atomic mass is 16.5. The summed E-state index contributed by atoms with van der Waals surface area (Å²) in [7, 11) is 1.56. The molecule has 144 valence electrons. The second kappa shape index (κ2) is 8.27. The van der Waals surface area contributed by atoms with Crippen molar-refractivity contribution in [2.24, 2.45) is 0 Å². The van der Waals surface area contributed by atoms with Gasteiger partial charge in [0.2, 0.25) is 0 Å². The van der Waals surface area contributed by atoms with Gasteiger partial charge in [-0.3, -0.25) is 9.69 Å². The Morgan fingerprint density at radius 2 is 1.85 bits per heavy atom. The first-order valence-corrected chi connectivity index (χ1v) is 9.60. The van der Waals surface area contributed by atoms with Gasteiger partial charge < -0.3 is 20.5 Å². The maximum absolute atomic E-state index is 12.5. The van der Waals surface area contributed by atoms with Gasteiger partial charge in [-0.1, -0.05) is 0 Å². The second-order valence-corrected chi connectivity index (χ2v) is 7.65. The van der Waals surface area contributed by atoms with Crippen molar-refractivity contribution in [3.63, 3.8) is 0 Å². The van der Waals surface area contributed by atoms with Crippen LogP contribution >= 0.6 is 0 Å². The molecule has 1 saturated carbocycles. The second-order valence-electron chi connectivity index (χ2n) is 7.65. The van der Waals surface area contributed by atoms with Crippen LogP contribution in [-0.2, 0) is 4.74 Å². The van der Waals surface area contributed by atoms with E-state index < -0.39 is 0 Å². The average Bonchev–Trinajstić information content (AvgIpc) is 2.62. The van der Waals surface area contributed by atoms with Gasteiger partial charge in [-0.2, -0.15) is 0 Å². The molecule has 0 unspecified atom stereocenters. The van der Waals surface area contributed by atoms with Crippen LogP contribution in [0.15, 0.2) is 18.2 Å². The lowest BCUT2D eigenvalue weighted by molar-refractivity contribution is -0.0845. The summed E-state index contributed by atoms with van der Waals surface area (Å²) in [6, 6.07) is 6.00. The lowest BCUT2D eigenvalue weighted by Gasteiger charge is -2.42. The van der Waals surface area contributed by atoms with Crippen molar-refractivity contribution >= 4 is 11.6 Å². The first-order chi connectivity index (χ1) is 12.5. The molecular weight excluding hydrogens is 330 g/mol. The molecule has 6 heteroatoms. The summed E-state index contributed by atoms with van der Waals surface area (Å²) in [5.41, 5.74) is 6.95. The van der Waals surface area contributed by atoms with E-state index >= 15 is 0 Å². The monoisotopic (exact) mass is 361 g/mol. The van der Waals surface area contributed by atoms with Crippen molar-refractivity contribution in [2.75, 3.05) is 25.9 Å². The molecule has 2 fully saturated rings. The molecule has 3 N–H and O–H groups in total. The first-order valence-electron chi connectivity index (χ1n) is 9.60. The minimum atomic E-state index is -0.0552. The van der Waals surface area contributed by atoms with Gasteiger partial charge in [0.05, 0.1) is 25.0 Å². The van der Waals surface area contributed by atoms with Crippen LogP contribution in [-0.4, -0.2) is 55.3 Å². The minimum Gasteiger partial charge on any atom is -0.495 e. The lowest BCUT2D eigenvalue weighted by atomic mass is 9.89. The molecule has 1 aromatic rings. The van der Waals surface area contributed by atoms with Crippen molar-refractivity contribution in [3.05, 3.63) is 23.8 Å². The predicted molar refractivity (Wildman–Crippen MR) is 102 cm³/mol. The number of nitrogens with two attached hydrogens (primary N) is 1. The summed E-state index contributed by atoms with van der Waals surface area (Å²) in [5.74, 6) is 0.484. The summed E-state index contributed by atoms with van der Waals surface area (Å²) < 4.78 is 11.0. The quantitative estimate of drug-likeness (QED) is 0.806. The number of amides is 1. The fourth-order valence-electron chi connectivity index (χ4n) is 4.22. The highest BCUT2D eigenvalue weighted by Gasteiger charge is 2.31. The molecule has 1 heterocycles. The van der Waals surface area contributed by atoms with E-state index in [1.165, 1.54) is 0 Å². The van der Waals surface area contributed by atoms with E-state index in [0.29, 0.717) is 35.3 Å². The fourth-order valence-corrected chi connectivity index (χ4v) is 4.22. The van der Waals surface area contributed by atoms with Gasteiger partial charge in [0.15, 0.2) is 0 Å². The number of methoxy groups -OCH3 is 1. The van der Waals surface area contributed by atoms with Crippen molar-refractivity contribution in [1.29, 1.82) is 0 Å². The molecular formula is C20H31N3O3. The predicted octanol–water partition coefficient (Wildman–Crippen LogP) is 2.43. The van der Waals surface area contributed by atoms with Crippen LogP contribution in [0.25, 0.3) is 0 Å². The molecule has 1 aliphatic carbocycles. The Balaban J connectivity index is 1.51. The maximum Gasteiger partial charge on any atom is 0.251 e. The molecule has 26 heavy (non-hydrogen) atoms. The van der Waals surface area contributed by atoms with E-state index in [1.807, 2.05) is 0 Å². The van der Waals surface area contributed by atoms with Crippen LogP contribution in [0.4, 0.5) is 5.69 Å². The van der Waals surface area contributed by atoms with Crippen LogP contribution in [0, 0.1) is 0 Å². The first kappa shape index (κ1) is 19.0. The highest BCUT2D eigenvalue weighted by molar-refractivity contribution is 5.95. The fraction of sp³-hybridized carbons (Fsp3) is 0.650. The molecule has 0 bridgehead atoms.